The van der Waals surface area contributed by atoms with Crippen LogP contribution >= 0.6 is 0 Å². The number of rotatable bonds is 3. The Morgan fingerprint density at radius 3 is 2.67 bits per heavy atom. The van der Waals surface area contributed by atoms with Crippen LogP contribution in [0.3, 0.4) is 0 Å². The maximum atomic E-state index is 9.22. The van der Waals surface area contributed by atoms with E-state index in [-0.39, 0.29) is 5.54 Å². The topological polar surface area (TPSA) is 50.8 Å². The predicted molar refractivity (Wildman–Crippen MR) is 103 cm³/mol. The highest BCUT2D eigenvalue weighted by atomic mass is 16.5. The van der Waals surface area contributed by atoms with Crippen molar-refractivity contribution >= 4 is 0 Å². The standard InChI is InChI=1S/C23H21N3O/c24-16-18-5-7-19(8-6-18)23(15-17-9-13-27-14-10-17)21-4-2-1-3-20(21)22-25-11-12-26(22)23/h1-8,11-12,17H,9-10,13-15H2/t23-/m0/s1. The van der Waals surface area contributed by atoms with Gasteiger partial charge in [-0.05, 0) is 48.4 Å². The van der Waals surface area contributed by atoms with Crippen LogP contribution < -0.4 is 0 Å². The van der Waals surface area contributed by atoms with E-state index < -0.39 is 0 Å². The molecule has 4 nitrogen and oxygen atoms in total. The summed E-state index contributed by atoms with van der Waals surface area (Å²) in [4.78, 5) is 4.67. The van der Waals surface area contributed by atoms with E-state index in [1.807, 2.05) is 18.3 Å². The van der Waals surface area contributed by atoms with Gasteiger partial charge in [-0.3, -0.25) is 0 Å². The molecule has 0 bridgehead atoms. The van der Waals surface area contributed by atoms with E-state index >= 15 is 0 Å². The summed E-state index contributed by atoms with van der Waals surface area (Å²) in [6.07, 6.45) is 7.19. The zero-order valence-electron chi connectivity index (χ0n) is 15.1. The molecule has 1 saturated heterocycles. The second kappa shape index (κ2) is 6.37. The fourth-order valence-corrected chi connectivity index (χ4v) is 4.79. The van der Waals surface area contributed by atoms with Crippen molar-refractivity contribution in [2.24, 2.45) is 5.92 Å². The Morgan fingerprint density at radius 1 is 1.11 bits per heavy atom. The molecule has 2 aromatic carbocycles. The van der Waals surface area contributed by atoms with Crippen molar-refractivity contribution in [2.75, 3.05) is 13.2 Å². The van der Waals surface area contributed by atoms with Crippen molar-refractivity contribution < 1.29 is 4.74 Å². The van der Waals surface area contributed by atoms with Gasteiger partial charge in [0.1, 0.15) is 5.82 Å². The summed E-state index contributed by atoms with van der Waals surface area (Å²) in [5.41, 5.74) is 4.15. The van der Waals surface area contributed by atoms with Gasteiger partial charge in [0.15, 0.2) is 0 Å². The monoisotopic (exact) mass is 355 g/mol. The highest BCUT2D eigenvalue weighted by Crippen LogP contribution is 2.51. The number of aromatic nitrogens is 2. The molecule has 1 aromatic heterocycles. The Labute approximate surface area is 159 Å². The van der Waals surface area contributed by atoms with E-state index in [2.05, 4.69) is 58.2 Å². The van der Waals surface area contributed by atoms with E-state index in [0.717, 1.165) is 38.3 Å². The summed E-state index contributed by atoms with van der Waals surface area (Å²) < 4.78 is 7.94. The van der Waals surface area contributed by atoms with E-state index in [0.29, 0.717) is 11.5 Å². The van der Waals surface area contributed by atoms with E-state index in [4.69, 9.17) is 4.74 Å². The number of nitrogens with zero attached hydrogens (tertiary/aromatic N) is 3. The Morgan fingerprint density at radius 2 is 1.89 bits per heavy atom. The van der Waals surface area contributed by atoms with Crippen LogP contribution in [0.25, 0.3) is 11.4 Å². The number of hydrogen-bond acceptors (Lipinski definition) is 3. The third-order valence-corrected chi connectivity index (χ3v) is 6.08. The Kier molecular flexibility index (Phi) is 3.84. The highest BCUT2D eigenvalue weighted by molar-refractivity contribution is 5.71. The number of fused-ring (bicyclic) bond motifs is 3. The van der Waals surface area contributed by atoms with Crippen LogP contribution in [0.2, 0.25) is 0 Å². The number of benzene rings is 2. The first-order valence-corrected chi connectivity index (χ1v) is 9.55. The minimum absolute atomic E-state index is 0.279. The summed E-state index contributed by atoms with van der Waals surface area (Å²) >= 11 is 0. The van der Waals surface area contributed by atoms with Crippen molar-refractivity contribution in [3.63, 3.8) is 0 Å². The third kappa shape index (κ3) is 2.43. The molecular weight excluding hydrogens is 334 g/mol. The van der Waals surface area contributed by atoms with Crippen LogP contribution in [0, 0.1) is 17.2 Å². The quantitative estimate of drug-likeness (QED) is 0.702. The summed E-state index contributed by atoms with van der Waals surface area (Å²) in [6.45, 7) is 1.68. The molecule has 0 radical (unpaired) electrons. The largest absolute Gasteiger partial charge is 0.381 e. The van der Waals surface area contributed by atoms with Crippen LogP contribution in [0.4, 0.5) is 0 Å². The molecule has 0 N–H and O–H groups in total. The van der Waals surface area contributed by atoms with Gasteiger partial charge in [0.2, 0.25) is 0 Å². The molecule has 0 amide bonds. The molecule has 27 heavy (non-hydrogen) atoms. The van der Waals surface area contributed by atoms with Crippen LogP contribution in [-0.4, -0.2) is 22.8 Å². The summed E-state index contributed by atoms with van der Waals surface area (Å²) in [6, 6.07) is 18.9. The smallest absolute Gasteiger partial charge is 0.141 e. The second-order valence-corrected chi connectivity index (χ2v) is 7.48. The average molecular weight is 355 g/mol. The lowest BCUT2D eigenvalue weighted by molar-refractivity contribution is 0.0566. The van der Waals surface area contributed by atoms with Crippen LogP contribution in [0.1, 0.15) is 36.0 Å². The van der Waals surface area contributed by atoms with Crippen LogP contribution in [0.5, 0.6) is 0 Å². The zero-order chi connectivity index (χ0) is 18.3. The number of nitriles is 1. The van der Waals surface area contributed by atoms with E-state index in [1.165, 1.54) is 16.7 Å². The normalized spacial score (nSPS) is 21.4. The molecule has 3 heterocycles. The lowest BCUT2D eigenvalue weighted by atomic mass is 9.74. The first kappa shape index (κ1) is 16.3. The van der Waals surface area contributed by atoms with Gasteiger partial charge in [0, 0.05) is 31.2 Å². The third-order valence-electron chi connectivity index (χ3n) is 6.08. The van der Waals surface area contributed by atoms with Gasteiger partial charge in [-0.15, -0.1) is 0 Å². The molecular formula is C23H21N3O. The molecule has 4 heteroatoms. The van der Waals surface area contributed by atoms with Crippen molar-refractivity contribution in [3.8, 4) is 17.5 Å². The SMILES string of the molecule is N#Cc1ccc([C@@]2(CC3CCOCC3)c3ccccc3-c3nccn32)cc1. The molecule has 0 unspecified atom stereocenters. The molecule has 0 saturated carbocycles. The molecule has 134 valence electrons. The Balaban J connectivity index is 1.72. The van der Waals surface area contributed by atoms with Gasteiger partial charge in [0.05, 0.1) is 17.2 Å². The van der Waals surface area contributed by atoms with Gasteiger partial charge >= 0.3 is 0 Å². The minimum Gasteiger partial charge on any atom is -0.381 e. The fourth-order valence-electron chi connectivity index (χ4n) is 4.79. The van der Waals surface area contributed by atoms with Crippen LogP contribution in [0.15, 0.2) is 60.9 Å². The van der Waals surface area contributed by atoms with Gasteiger partial charge in [-0.2, -0.15) is 5.26 Å². The molecule has 1 atom stereocenters. The lowest BCUT2D eigenvalue weighted by Crippen LogP contribution is -2.36. The summed E-state index contributed by atoms with van der Waals surface area (Å²) in [5.74, 6) is 1.62. The van der Waals surface area contributed by atoms with Gasteiger partial charge in [-0.1, -0.05) is 36.4 Å². The summed E-state index contributed by atoms with van der Waals surface area (Å²) in [5, 5.41) is 9.22. The molecule has 3 aromatic rings. The maximum Gasteiger partial charge on any atom is 0.141 e. The van der Waals surface area contributed by atoms with E-state index in [9.17, 15) is 5.26 Å². The van der Waals surface area contributed by atoms with Gasteiger partial charge in [-0.25, -0.2) is 4.98 Å². The second-order valence-electron chi connectivity index (χ2n) is 7.48. The Hall–Kier alpha value is -2.90. The van der Waals surface area contributed by atoms with Crippen molar-refractivity contribution in [3.05, 3.63) is 77.6 Å². The molecule has 0 spiro atoms. The van der Waals surface area contributed by atoms with Crippen LogP contribution in [-0.2, 0) is 10.3 Å². The van der Waals surface area contributed by atoms with Gasteiger partial charge in [0.25, 0.3) is 0 Å². The number of hydrogen-bond donors (Lipinski definition) is 0. The fraction of sp³-hybridized carbons (Fsp3) is 0.304. The van der Waals surface area contributed by atoms with Gasteiger partial charge < -0.3 is 9.30 Å². The van der Waals surface area contributed by atoms with E-state index in [1.54, 1.807) is 0 Å². The average Bonchev–Trinajstić information content (AvgIpc) is 3.31. The molecule has 2 aliphatic heterocycles. The lowest BCUT2D eigenvalue weighted by Gasteiger charge is -2.38. The molecule has 2 aliphatic rings. The molecule has 0 aliphatic carbocycles. The highest BCUT2D eigenvalue weighted by Gasteiger charge is 2.46. The zero-order valence-corrected chi connectivity index (χ0v) is 15.1. The van der Waals surface area contributed by atoms with Crippen molar-refractivity contribution in [2.45, 2.75) is 24.8 Å². The first-order valence-electron chi connectivity index (χ1n) is 9.55. The maximum absolute atomic E-state index is 9.22. The molecule has 1 fully saturated rings. The minimum atomic E-state index is -0.279. The summed E-state index contributed by atoms with van der Waals surface area (Å²) in [7, 11) is 0. The first-order chi connectivity index (χ1) is 13.3. The predicted octanol–water partition coefficient (Wildman–Crippen LogP) is 4.34. The van der Waals surface area contributed by atoms with Crippen molar-refractivity contribution in [1.82, 2.24) is 9.55 Å². The van der Waals surface area contributed by atoms with Crippen molar-refractivity contribution in [1.29, 1.82) is 5.26 Å². The number of imidazole rings is 1. The molecule has 5 rings (SSSR count). The Bertz CT molecular complexity index is 1010. The number of ether oxygens (including phenoxy) is 1.